The SMILES string of the molecule is C=CC(=O)Nc1ccccc1Nc1nc(Nc2ccc(N(CCCNC(=O)OC(C)(C)C)C(C)=O)cc2OC)ncc1Cl. The maximum absolute atomic E-state index is 12.4. The first-order valence-electron chi connectivity index (χ1n) is 13.4. The third-order valence-electron chi connectivity index (χ3n) is 5.72. The Morgan fingerprint density at radius 1 is 1.07 bits per heavy atom. The second kappa shape index (κ2) is 14.9. The van der Waals surface area contributed by atoms with Crippen molar-refractivity contribution in [3.05, 3.63) is 66.3 Å². The van der Waals surface area contributed by atoms with Gasteiger partial charge in [0.1, 0.15) is 16.4 Å². The highest BCUT2D eigenvalue weighted by Crippen LogP contribution is 2.33. The number of hydrogen-bond donors (Lipinski definition) is 4. The topological polar surface area (TPSA) is 147 Å². The van der Waals surface area contributed by atoms with Crippen molar-refractivity contribution in [3.63, 3.8) is 0 Å². The van der Waals surface area contributed by atoms with Crippen molar-refractivity contribution < 1.29 is 23.9 Å². The normalized spacial score (nSPS) is 10.7. The van der Waals surface area contributed by atoms with E-state index in [1.165, 1.54) is 26.3 Å². The van der Waals surface area contributed by atoms with E-state index in [2.05, 4.69) is 37.8 Å². The molecule has 0 aliphatic heterocycles. The summed E-state index contributed by atoms with van der Waals surface area (Å²) in [7, 11) is 1.51. The molecular weight excluding hydrogens is 574 g/mol. The zero-order valence-corrected chi connectivity index (χ0v) is 25.5. The van der Waals surface area contributed by atoms with E-state index in [0.29, 0.717) is 53.8 Å². The van der Waals surface area contributed by atoms with E-state index in [1.807, 2.05) is 0 Å². The van der Waals surface area contributed by atoms with Crippen molar-refractivity contribution in [3.8, 4) is 5.75 Å². The number of nitrogens with one attached hydrogen (secondary N) is 4. The van der Waals surface area contributed by atoms with Gasteiger partial charge in [-0.3, -0.25) is 9.59 Å². The summed E-state index contributed by atoms with van der Waals surface area (Å²) in [4.78, 5) is 46.5. The molecule has 0 radical (unpaired) electrons. The maximum Gasteiger partial charge on any atom is 0.407 e. The standard InChI is InChI=1S/C30H36ClN7O5/c1-7-26(40)34-22-11-8-9-12-23(22)35-27-21(31)18-33-28(37-27)36-24-14-13-20(17-25(24)42-6)38(19(2)39)16-10-15-32-29(41)43-30(3,4)5/h7-9,11-14,17-18H,1,10,15-16H2,2-6H3,(H,32,41)(H,34,40)(H2,33,35,36,37). The van der Waals surface area contributed by atoms with Gasteiger partial charge in [-0.05, 0) is 57.5 Å². The molecule has 4 N–H and O–H groups in total. The molecule has 0 fully saturated rings. The second-order valence-electron chi connectivity index (χ2n) is 10.2. The van der Waals surface area contributed by atoms with Crippen LogP contribution in [-0.4, -0.2) is 53.7 Å². The number of methoxy groups -OCH3 is 1. The van der Waals surface area contributed by atoms with Crippen LogP contribution in [0.25, 0.3) is 0 Å². The van der Waals surface area contributed by atoms with Gasteiger partial charge >= 0.3 is 6.09 Å². The predicted octanol–water partition coefficient (Wildman–Crippen LogP) is 6.02. The van der Waals surface area contributed by atoms with Crippen molar-refractivity contribution in [2.45, 2.75) is 39.7 Å². The summed E-state index contributed by atoms with van der Waals surface area (Å²) in [6.07, 6.45) is 2.61. The van der Waals surface area contributed by atoms with Crippen LogP contribution >= 0.6 is 11.6 Å². The minimum atomic E-state index is -0.590. The molecule has 0 spiro atoms. The van der Waals surface area contributed by atoms with Crippen molar-refractivity contribution in [2.75, 3.05) is 41.0 Å². The number of alkyl carbamates (subject to hydrolysis) is 1. The second-order valence-corrected chi connectivity index (χ2v) is 10.6. The number of aromatic nitrogens is 2. The van der Waals surface area contributed by atoms with Crippen LogP contribution in [-0.2, 0) is 14.3 Å². The van der Waals surface area contributed by atoms with Crippen LogP contribution < -0.4 is 30.9 Å². The minimum absolute atomic E-state index is 0.165. The van der Waals surface area contributed by atoms with Gasteiger partial charge in [0.05, 0.1) is 30.4 Å². The molecule has 0 aliphatic carbocycles. The summed E-state index contributed by atoms with van der Waals surface area (Å²) in [6, 6.07) is 12.3. The first kappa shape index (κ1) is 32.7. The molecule has 228 valence electrons. The molecule has 3 rings (SSSR count). The highest BCUT2D eigenvalue weighted by Gasteiger charge is 2.18. The van der Waals surface area contributed by atoms with Gasteiger partial charge in [0, 0.05) is 31.8 Å². The van der Waals surface area contributed by atoms with Crippen LogP contribution in [0, 0.1) is 0 Å². The van der Waals surface area contributed by atoms with Gasteiger partial charge in [0.15, 0.2) is 5.82 Å². The molecule has 3 aromatic rings. The van der Waals surface area contributed by atoms with Gasteiger partial charge < -0.3 is 35.6 Å². The number of hydrogen-bond acceptors (Lipinski definition) is 9. The lowest BCUT2D eigenvalue weighted by Gasteiger charge is -2.23. The smallest absolute Gasteiger partial charge is 0.407 e. The molecule has 0 unspecified atom stereocenters. The number of carbonyl (C=O) groups is 3. The Morgan fingerprint density at radius 3 is 2.44 bits per heavy atom. The average Bonchev–Trinajstić information content (AvgIpc) is 2.95. The van der Waals surface area contributed by atoms with Crippen molar-refractivity contribution in [2.24, 2.45) is 0 Å². The summed E-state index contributed by atoms with van der Waals surface area (Å²) in [5.74, 6) is 0.448. The Balaban J connectivity index is 1.73. The Morgan fingerprint density at radius 2 is 1.79 bits per heavy atom. The van der Waals surface area contributed by atoms with E-state index < -0.39 is 11.7 Å². The summed E-state index contributed by atoms with van der Waals surface area (Å²) in [5.41, 5.74) is 1.66. The summed E-state index contributed by atoms with van der Waals surface area (Å²) >= 11 is 6.36. The van der Waals surface area contributed by atoms with Crippen molar-refractivity contribution in [1.82, 2.24) is 15.3 Å². The van der Waals surface area contributed by atoms with E-state index in [0.717, 1.165) is 0 Å². The molecule has 0 aliphatic rings. The number of amides is 3. The molecule has 13 heteroatoms. The molecule has 0 bridgehead atoms. The van der Waals surface area contributed by atoms with E-state index in [9.17, 15) is 14.4 Å². The van der Waals surface area contributed by atoms with E-state index in [4.69, 9.17) is 21.1 Å². The van der Waals surface area contributed by atoms with Gasteiger partial charge in [-0.2, -0.15) is 4.98 Å². The third kappa shape index (κ3) is 9.89. The van der Waals surface area contributed by atoms with Gasteiger partial charge in [-0.1, -0.05) is 30.3 Å². The molecule has 1 aromatic heterocycles. The fourth-order valence-corrected chi connectivity index (χ4v) is 3.95. The molecule has 0 saturated heterocycles. The lowest BCUT2D eigenvalue weighted by atomic mass is 10.2. The zero-order chi connectivity index (χ0) is 31.6. The molecule has 0 saturated carbocycles. The van der Waals surface area contributed by atoms with Crippen LogP contribution in [0.2, 0.25) is 5.02 Å². The molecule has 2 aromatic carbocycles. The fourth-order valence-electron chi connectivity index (χ4n) is 3.81. The van der Waals surface area contributed by atoms with E-state index in [-0.39, 0.29) is 22.8 Å². The Labute approximate surface area is 255 Å². The number of para-hydroxylation sites is 2. The number of anilines is 6. The number of ether oxygens (including phenoxy) is 2. The molecule has 1 heterocycles. The van der Waals surface area contributed by atoms with Crippen LogP contribution in [0.5, 0.6) is 5.75 Å². The highest BCUT2D eigenvalue weighted by molar-refractivity contribution is 6.33. The van der Waals surface area contributed by atoms with Crippen LogP contribution in [0.3, 0.4) is 0 Å². The molecule has 43 heavy (non-hydrogen) atoms. The third-order valence-corrected chi connectivity index (χ3v) is 5.99. The van der Waals surface area contributed by atoms with Gasteiger partial charge in [-0.15, -0.1) is 0 Å². The fraction of sp³-hybridized carbons (Fsp3) is 0.300. The summed E-state index contributed by atoms with van der Waals surface area (Å²) in [5, 5.41) is 11.9. The molecule has 12 nitrogen and oxygen atoms in total. The highest BCUT2D eigenvalue weighted by atomic mass is 35.5. The van der Waals surface area contributed by atoms with Gasteiger partial charge in [0.2, 0.25) is 17.8 Å². The zero-order valence-electron chi connectivity index (χ0n) is 24.8. The monoisotopic (exact) mass is 609 g/mol. The van der Waals surface area contributed by atoms with Gasteiger partial charge in [-0.25, -0.2) is 9.78 Å². The Kier molecular flexibility index (Phi) is 11.3. The number of carbonyl (C=O) groups excluding carboxylic acids is 3. The Hall–Kier alpha value is -4.84. The first-order chi connectivity index (χ1) is 20.4. The van der Waals surface area contributed by atoms with Gasteiger partial charge in [0.25, 0.3) is 0 Å². The van der Waals surface area contributed by atoms with Crippen molar-refractivity contribution >= 4 is 64.0 Å². The van der Waals surface area contributed by atoms with E-state index >= 15 is 0 Å². The molecule has 0 atom stereocenters. The Bertz CT molecular complexity index is 1480. The quantitative estimate of drug-likeness (QED) is 0.143. The van der Waals surface area contributed by atoms with E-state index in [1.54, 1.807) is 68.1 Å². The molecular formula is C30H36ClN7O5. The summed E-state index contributed by atoms with van der Waals surface area (Å²) < 4.78 is 10.8. The number of benzene rings is 2. The number of nitrogens with zero attached hydrogens (tertiary/aromatic N) is 3. The maximum atomic E-state index is 12.4. The minimum Gasteiger partial charge on any atom is -0.494 e. The average molecular weight is 610 g/mol. The summed E-state index contributed by atoms with van der Waals surface area (Å²) in [6.45, 7) is 11.0. The number of halogens is 1. The first-order valence-corrected chi connectivity index (χ1v) is 13.8. The lowest BCUT2D eigenvalue weighted by Crippen LogP contribution is -2.35. The van der Waals surface area contributed by atoms with Crippen LogP contribution in [0.1, 0.15) is 34.1 Å². The largest absolute Gasteiger partial charge is 0.494 e. The molecule has 3 amide bonds. The van der Waals surface area contributed by atoms with Crippen LogP contribution in [0.4, 0.5) is 39.3 Å². The van der Waals surface area contributed by atoms with Crippen LogP contribution in [0.15, 0.2) is 61.3 Å². The number of rotatable bonds is 12. The van der Waals surface area contributed by atoms with Crippen molar-refractivity contribution in [1.29, 1.82) is 0 Å². The lowest BCUT2D eigenvalue weighted by molar-refractivity contribution is -0.116. The predicted molar refractivity (Wildman–Crippen MR) is 169 cm³/mol.